The summed E-state index contributed by atoms with van der Waals surface area (Å²) in [5, 5.41) is 5.81. The first-order chi connectivity index (χ1) is 9.67. The summed E-state index contributed by atoms with van der Waals surface area (Å²) in [6.07, 6.45) is 1.60. The van der Waals surface area contributed by atoms with Crippen LogP contribution in [0.15, 0.2) is 28.8 Å². The molecule has 3 rings (SSSR count). The summed E-state index contributed by atoms with van der Waals surface area (Å²) in [4.78, 5) is 3.37. The van der Waals surface area contributed by atoms with Gasteiger partial charge in [0.25, 0.3) is 0 Å². The largest absolute Gasteiger partial charge is 0.361 e. The lowest BCUT2D eigenvalue weighted by Crippen LogP contribution is -1.95. The molecule has 0 radical (unpaired) electrons. The van der Waals surface area contributed by atoms with Crippen molar-refractivity contribution in [3.8, 4) is 0 Å². The molecule has 2 aromatic heterocycles. The van der Waals surface area contributed by atoms with Gasteiger partial charge in [0, 0.05) is 29.2 Å². The normalized spacial score (nSPS) is 11.3. The molecule has 104 valence electrons. The summed E-state index contributed by atoms with van der Waals surface area (Å²) >= 11 is 6.42. The summed E-state index contributed by atoms with van der Waals surface area (Å²) in [7, 11) is 0. The lowest BCUT2D eigenvalue weighted by atomic mass is 10.1. The van der Waals surface area contributed by atoms with Gasteiger partial charge in [-0.05, 0) is 31.4 Å². The lowest BCUT2D eigenvalue weighted by molar-refractivity contribution is 0.390. The van der Waals surface area contributed by atoms with Crippen LogP contribution >= 0.6 is 11.6 Å². The molecule has 5 heteroatoms. The van der Waals surface area contributed by atoms with Crippen molar-refractivity contribution >= 4 is 22.5 Å². The number of aromatic nitrogens is 2. The van der Waals surface area contributed by atoms with Gasteiger partial charge in [0.2, 0.25) is 0 Å². The van der Waals surface area contributed by atoms with E-state index >= 15 is 0 Å². The molecule has 0 saturated heterocycles. The number of fused-ring (bicyclic) bond motifs is 1. The van der Waals surface area contributed by atoms with E-state index in [-0.39, 0.29) is 0 Å². The lowest BCUT2D eigenvalue weighted by Gasteiger charge is -1.96. The quantitative estimate of drug-likeness (QED) is 0.774. The molecule has 1 aromatic carbocycles. The highest BCUT2D eigenvalue weighted by atomic mass is 35.5. The fraction of sp³-hybridized carbons (Fsp3) is 0.267. The molecular weight excluding hydrogens is 274 g/mol. The Morgan fingerprint density at radius 3 is 2.85 bits per heavy atom. The highest BCUT2D eigenvalue weighted by Crippen LogP contribution is 2.29. The van der Waals surface area contributed by atoms with Gasteiger partial charge < -0.3 is 15.2 Å². The van der Waals surface area contributed by atoms with Crippen LogP contribution in [-0.2, 0) is 19.4 Å². The second-order valence-corrected chi connectivity index (χ2v) is 5.31. The number of hydrogen-bond donors (Lipinski definition) is 2. The fourth-order valence-corrected chi connectivity index (χ4v) is 2.66. The highest BCUT2D eigenvalue weighted by Gasteiger charge is 2.11. The van der Waals surface area contributed by atoms with Gasteiger partial charge in [0.15, 0.2) is 0 Å². The Hall–Kier alpha value is -1.78. The smallest absolute Gasteiger partial charge is 0.133 e. The van der Waals surface area contributed by atoms with E-state index in [2.05, 4.69) is 10.1 Å². The predicted molar refractivity (Wildman–Crippen MR) is 79.8 cm³/mol. The molecule has 0 spiro atoms. The van der Waals surface area contributed by atoms with Gasteiger partial charge in [-0.2, -0.15) is 0 Å². The van der Waals surface area contributed by atoms with Crippen LogP contribution in [0.2, 0.25) is 5.02 Å². The first-order valence-electron chi connectivity index (χ1n) is 6.58. The number of nitrogens with one attached hydrogen (secondary N) is 1. The van der Waals surface area contributed by atoms with E-state index in [1.54, 1.807) is 0 Å². The van der Waals surface area contributed by atoms with Crippen molar-refractivity contribution in [1.82, 2.24) is 10.1 Å². The van der Waals surface area contributed by atoms with Crippen molar-refractivity contribution in [2.75, 3.05) is 0 Å². The second kappa shape index (κ2) is 5.31. The van der Waals surface area contributed by atoms with Gasteiger partial charge in [-0.1, -0.05) is 28.9 Å². The number of aromatic amines is 1. The molecule has 0 aliphatic carbocycles. The molecule has 0 fully saturated rings. The summed E-state index contributed by atoms with van der Waals surface area (Å²) in [6, 6.07) is 8.01. The van der Waals surface area contributed by atoms with Crippen molar-refractivity contribution in [2.24, 2.45) is 5.73 Å². The minimum absolute atomic E-state index is 0.528. The monoisotopic (exact) mass is 289 g/mol. The van der Waals surface area contributed by atoms with Crippen LogP contribution in [0.25, 0.3) is 10.9 Å². The van der Waals surface area contributed by atoms with Crippen LogP contribution in [-0.4, -0.2) is 10.1 Å². The predicted octanol–water partition coefficient (Wildman–Crippen LogP) is 3.36. The van der Waals surface area contributed by atoms with Gasteiger partial charge in [-0.15, -0.1) is 0 Å². The second-order valence-electron chi connectivity index (χ2n) is 4.93. The molecule has 20 heavy (non-hydrogen) atoms. The average Bonchev–Trinajstić information content (AvgIpc) is 3.00. The van der Waals surface area contributed by atoms with Crippen molar-refractivity contribution < 1.29 is 4.52 Å². The van der Waals surface area contributed by atoms with Gasteiger partial charge >= 0.3 is 0 Å². The Balaban J connectivity index is 1.86. The van der Waals surface area contributed by atoms with Gasteiger partial charge in [0.1, 0.15) is 5.76 Å². The SMILES string of the molecule is Cc1cc(CCc2[nH]c3cc(CN)ccc3c2Cl)no1. The molecule has 0 aliphatic heterocycles. The number of rotatable bonds is 4. The van der Waals surface area contributed by atoms with E-state index < -0.39 is 0 Å². The average molecular weight is 290 g/mol. The van der Waals surface area contributed by atoms with E-state index in [1.165, 1.54) is 0 Å². The summed E-state index contributed by atoms with van der Waals surface area (Å²) in [5.41, 5.74) is 9.75. The third kappa shape index (κ3) is 2.44. The number of aryl methyl sites for hydroxylation is 3. The van der Waals surface area contributed by atoms with E-state index in [0.717, 1.165) is 51.5 Å². The van der Waals surface area contributed by atoms with Gasteiger partial charge in [-0.3, -0.25) is 0 Å². The Morgan fingerprint density at radius 2 is 2.15 bits per heavy atom. The standard InChI is InChI=1S/C15H16ClN3O/c1-9-6-11(19-20-9)3-5-13-15(16)12-4-2-10(8-17)7-14(12)18-13/h2,4,6-7,18H,3,5,8,17H2,1H3. The van der Waals surface area contributed by atoms with Crippen LogP contribution in [0.1, 0.15) is 22.7 Å². The Bertz CT molecular complexity index is 745. The minimum atomic E-state index is 0.528. The molecule has 0 bridgehead atoms. The summed E-state index contributed by atoms with van der Waals surface area (Å²) < 4.78 is 5.07. The van der Waals surface area contributed by atoms with E-state index in [4.69, 9.17) is 21.9 Å². The van der Waals surface area contributed by atoms with E-state index in [1.807, 2.05) is 31.2 Å². The van der Waals surface area contributed by atoms with Crippen molar-refractivity contribution in [2.45, 2.75) is 26.3 Å². The summed E-state index contributed by atoms with van der Waals surface area (Å²) in [5.74, 6) is 0.829. The zero-order valence-corrected chi connectivity index (χ0v) is 12.0. The topological polar surface area (TPSA) is 67.8 Å². The van der Waals surface area contributed by atoms with Crippen molar-refractivity contribution in [1.29, 1.82) is 0 Å². The van der Waals surface area contributed by atoms with Crippen LogP contribution < -0.4 is 5.73 Å². The molecule has 4 nitrogen and oxygen atoms in total. The number of nitrogens with zero attached hydrogens (tertiary/aromatic N) is 1. The molecule has 2 heterocycles. The van der Waals surface area contributed by atoms with E-state index in [9.17, 15) is 0 Å². The molecule has 0 saturated carbocycles. The number of benzene rings is 1. The third-order valence-electron chi connectivity index (χ3n) is 3.41. The number of H-pyrrole nitrogens is 1. The van der Waals surface area contributed by atoms with Crippen LogP contribution in [0.4, 0.5) is 0 Å². The molecule has 0 unspecified atom stereocenters. The summed E-state index contributed by atoms with van der Waals surface area (Å²) in [6.45, 7) is 2.42. The van der Waals surface area contributed by atoms with Crippen molar-refractivity contribution in [3.63, 3.8) is 0 Å². The maximum absolute atomic E-state index is 6.42. The molecule has 0 amide bonds. The maximum atomic E-state index is 6.42. The van der Waals surface area contributed by atoms with Crippen molar-refractivity contribution in [3.05, 3.63) is 52.0 Å². The molecule has 0 aliphatic rings. The number of hydrogen-bond acceptors (Lipinski definition) is 3. The van der Waals surface area contributed by atoms with Crippen LogP contribution in [0, 0.1) is 6.92 Å². The first kappa shape index (κ1) is 13.2. The molecular formula is C15H16ClN3O. The van der Waals surface area contributed by atoms with Crippen LogP contribution in [0.3, 0.4) is 0 Å². The Morgan fingerprint density at radius 1 is 1.30 bits per heavy atom. The third-order valence-corrected chi connectivity index (χ3v) is 3.85. The highest BCUT2D eigenvalue weighted by molar-refractivity contribution is 6.36. The zero-order chi connectivity index (χ0) is 14.1. The van der Waals surface area contributed by atoms with E-state index in [0.29, 0.717) is 6.54 Å². The maximum Gasteiger partial charge on any atom is 0.133 e. The molecule has 3 aromatic rings. The van der Waals surface area contributed by atoms with Gasteiger partial charge in [0.05, 0.1) is 10.7 Å². The zero-order valence-electron chi connectivity index (χ0n) is 11.2. The Kier molecular flexibility index (Phi) is 3.51. The molecule has 3 N–H and O–H groups in total. The van der Waals surface area contributed by atoms with Crippen LogP contribution in [0.5, 0.6) is 0 Å². The first-order valence-corrected chi connectivity index (χ1v) is 6.96. The Labute approximate surface area is 121 Å². The van der Waals surface area contributed by atoms with Gasteiger partial charge in [-0.25, -0.2) is 0 Å². The minimum Gasteiger partial charge on any atom is -0.361 e. The number of halogens is 1. The number of nitrogens with two attached hydrogens (primary N) is 1. The fourth-order valence-electron chi connectivity index (χ4n) is 2.35. The molecule has 0 atom stereocenters.